The lowest BCUT2D eigenvalue weighted by Crippen LogP contribution is -2.31. The van der Waals surface area contributed by atoms with Gasteiger partial charge < -0.3 is 0 Å². The molecule has 0 unspecified atom stereocenters. The van der Waals surface area contributed by atoms with Crippen molar-refractivity contribution in [2.24, 2.45) is 0 Å². The predicted molar refractivity (Wildman–Crippen MR) is 144 cm³/mol. The minimum Gasteiger partial charge on any atom is -0.278 e. The van der Waals surface area contributed by atoms with Crippen molar-refractivity contribution in [2.75, 3.05) is 4.90 Å². The minimum absolute atomic E-state index is 0.122. The fraction of sp³-hybridized carbons (Fsp3) is 0.0714. The minimum atomic E-state index is -0.122. The number of nitrogens with zero attached hydrogens (tertiary/aromatic N) is 4. The average molecular weight is 493 g/mol. The molecule has 6 rings (SSSR count). The Kier molecular flexibility index (Phi) is 5.56. The Morgan fingerprint density at radius 1 is 0.943 bits per heavy atom. The van der Waals surface area contributed by atoms with Gasteiger partial charge in [0, 0.05) is 11.6 Å². The van der Waals surface area contributed by atoms with Crippen molar-refractivity contribution in [1.29, 1.82) is 0 Å². The summed E-state index contributed by atoms with van der Waals surface area (Å²) >= 11 is 3.13. The lowest BCUT2D eigenvalue weighted by atomic mass is 10.1. The van der Waals surface area contributed by atoms with E-state index in [1.54, 1.807) is 22.4 Å². The zero-order valence-corrected chi connectivity index (χ0v) is 20.5. The standard InChI is InChI=1S/C28H20N4OS2/c1-18-8-6-12-25-26(18)31-28(35-25)32(17-19-9-4-5-14-29-19)27(33)21-16-23(24-13-7-15-34-24)30-22-11-3-2-10-20(21)22/h2-16H,17H2,1H3. The van der Waals surface area contributed by atoms with Gasteiger partial charge in [0.25, 0.3) is 5.91 Å². The Labute approximate surface area is 210 Å². The van der Waals surface area contributed by atoms with Crippen molar-refractivity contribution >= 4 is 54.8 Å². The lowest BCUT2D eigenvalue weighted by molar-refractivity contribution is 0.0986. The van der Waals surface area contributed by atoms with Gasteiger partial charge in [-0.15, -0.1) is 11.3 Å². The second kappa shape index (κ2) is 9.02. The number of aryl methyl sites for hydroxylation is 1. The van der Waals surface area contributed by atoms with E-state index in [1.807, 2.05) is 91.2 Å². The summed E-state index contributed by atoms with van der Waals surface area (Å²) in [5.41, 5.74) is 4.99. The van der Waals surface area contributed by atoms with E-state index in [0.29, 0.717) is 17.2 Å². The van der Waals surface area contributed by atoms with Gasteiger partial charge in [0.15, 0.2) is 5.13 Å². The van der Waals surface area contributed by atoms with Crippen molar-refractivity contribution in [3.63, 3.8) is 0 Å². The highest BCUT2D eigenvalue weighted by Gasteiger charge is 2.25. The van der Waals surface area contributed by atoms with Crippen molar-refractivity contribution in [3.8, 4) is 10.6 Å². The van der Waals surface area contributed by atoms with Gasteiger partial charge in [0.2, 0.25) is 0 Å². The first kappa shape index (κ1) is 21.6. The van der Waals surface area contributed by atoms with E-state index in [4.69, 9.17) is 9.97 Å². The molecule has 5 nitrogen and oxygen atoms in total. The number of fused-ring (bicyclic) bond motifs is 2. The number of benzene rings is 2. The average Bonchev–Trinajstić information content (AvgIpc) is 3.58. The summed E-state index contributed by atoms with van der Waals surface area (Å²) in [7, 11) is 0. The highest BCUT2D eigenvalue weighted by molar-refractivity contribution is 7.22. The molecule has 0 fully saturated rings. The SMILES string of the molecule is Cc1cccc2sc(N(Cc3ccccn3)C(=O)c3cc(-c4cccs4)nc4ccccc34)nc12. The molecule has 0 aliphatic carbocycles. The molecule has 0 spiro atoms. The summed E-state index contributed by atoms with van der Waals surface area (Å²) in [6.07, 6.45) is 1.75. The molecule has 2 aromatic carbocycles. The molecule has 0 saturated carbocycles. The van der Waals surface area contributed by atoms with E-state index in [9.17, 15) is 4.79 Å². The maximum Gasteiger partial charge on any atom is 0.261 e. The van der Waals surface area contributed by atoms with Crippen LogP contribution in [0.2, 0.25) is 0 Å². The number of carbonyl (C=O) groups excluding carboxylic acids is 1. The van der Waals surface area contributed by atoms with Crippen LogP contribution in [0.15, 0.2) is 90.4 Å². The number of anilines is 1. The van der Waals surface area contributed by atoms with Crippen LogP contribution in [0.25, 0.3) is 31.7 Å². The van der Waals surface area contributed by atoms with Gasteiger partial charge >= 0.3 is 0 Å². The molecular formula is C28H20N4OS2. The van der Waals surface area contributed by atoms with Crippen molar-refractivity contribution in [2.45, 2.75) is 13.5 Å². The van der Waals surface area contributed by atoms with Crippen LogP contribution in [0.4, 0.5) is 5.13 Å². The molecule has 0 saturated heterocycles. The third kappa shape index (κ3) is 4.09. The normalized spacial score (nSPS) is 11.2. The van der Waals surface area contributed by atoms with Gasteiger partial charge in [-0.05, 0) is 54.3 Å². The first-order valence-electron chi connectivity index (χ1n) is 11.2. The Balaban J connectivity index is 1.53. The van der Waals surface area contributed by atoms with E-state index >= 15 is 0 Å². The highest BCUT2D eigenvalue weighted by atomic mass is 32.1. The molecule has 0 N–H and O–H groups in total. The number of thiazole rings is 1. The first-order valence-corrected chi connectivity index (χ1v) is 12.9. The molecular weight excluding hydrogens is 472 g/mol. The van der Waals surface area contributed by atoms with Crippen molar-refractivity contribution in [3.05, 3.63) is 107 Å². The Bertz CT molecular complexity index is 1660. The summed E-state index contributed by atoms with van der Waals surface area (Å²) in [4.78, 5) is 31.3. The van der Waals surface area contributed by atoms with Crippen molar-refractivity contribution < 1.29 is 4.79 Å². The maximum absolute atomic E-state index is 14.3. The van der Waals surface area contributed by atoms with Gasteiger partial charge in [-0.2, -0.15) is 0 Å². The Hall–Kier alpha value is -3.94. The summed E-state index contributed by atoms with van der Waals surface area (Å²) in [5.74, 6) is -0.122. The van der Waals surface area contributed by atoms with Gasteiger partial charge in [0.1, 0.15) is 0 Å². The summed E-state index contributed by atoms with van der Waals surface area (Å²) in [5, 5.41) is 3.49. The molecule has 7 heteroatoms. The number of para-hydroxylation sites is 2. The molecule has 0 aliphatic heterocycles. The monoisotopic (exact) mass is 492 g/mol. The van der Waals surface area contributed by atoms with E-state index in [2.05, 4.69) is 4.98 Å². The summed E-state index contributed by atoms with van der Waals surface area (Å²) in [6.45, 7) is 2.37. The third-order valence-electron chi connectivity index (χ3n) is 5.85. The van der Waals surface area contributed by atoms with Crippen molar-refractivity contribution in [1.82, 2.24) is 15.0 Å². The lowest BCUT2D eigenvalue weighted by Gasteiger charge is -2.21. The number of hydrogen-bond acceptors (Lipinski definition) is 6. The molecule has 170 valence electrons. The number of aromatic nitrogens is 3. The number of amides is 1. The molecule has 0 atom stereocenters. The molecule has 0 radical (unpaired) electrons. The summed E-state index contributed by atoms with van der Waals surface area (Å²) in [6, 6.07) is 25.6. The second-order valence-corrected chi connectivity index (χ2v) is 10.1. The van der Waals surface area contributed by atoms with E-state index in [0.717, 1.165) is 42.9 Å². The smallest absolute Gasteiger partial charge is 0.261 e. The zero-order chi connectivity index (χ0) is 23.8. The number of carbonyl (C=O) groups is 1. The van der Waals surface area contributed by atoms with Gasteiger partial charge in [-0.25, -0.2) is 9.97 Å². The molecule has 1 amide bonds. The van der Waals surface area contributed by atoms with E-state index in [1.165, 1.54) is 11.3 Å². The van der Waals surface area contributed by atoms with Gasteiger partial charge in [-0.3, -0.25) is 14.7 Å². The fourth-order valence-electron chi connectivity index (χ4n) is 4.12. The fourth-order valence-corrected chi connectivity index (χ4v) is 5.85. The van der Waals surface area contributed by atoms with Crippen LogP contribution in [-0.2, 0) is 6.54 Å². The van der Waals surface area contributed by atoms with E-state index < -0.39 is 0 Å². The number of pyridine rings is 2. The summed E-state index contributed by atoms with van der Waals surface area (Å²) < 4.78 is 1.05. The molecule has 0 aliphatic rings. The largest absolute Gasteiger partial charge is 0.278 e. The molecule has 0 bridgehead atoms. The Morgan fingerprint density at radius 3 is 2.63 bits per heavy atom. The first-order chi connectivity index (χ1) is 17.2. The van der Waals surface area contributed by atoms with E-state index in [-0.39, 0.29) is 5.91 Å². The van der Waals surface area contributed by atoms with Crippen LogP contribution in [0.3, 0.4) is 0 Å². The van der Waals surface area contributed by atoms with Crippen LogP contribution in [-0.4, -0.2) is 20.9 Å². The molecule has 6 aromatic rings. The predicted octanol–water partition coefficient (Wildman–Crippen LogP) is 7.12. The van der Waals surface area contributed by atoms with Crippen LogP contribution in [0.1, 0.15) is 21.6 Å². The Morgan fingerprint density at radius 2 is 1.83 bits per heavy atom. The van der Waals surface area contributed by atoms with Crippen LogP contribution < -0.4 is 4.90 Å². The quantitative estimate of drug-likeness (QED) is 0.257. The zero-order valence-electron chi connectivity index (χ0n) is 18.9. The van der Waals surface area contributed by atoms with Crippen LogP contribution in [0.5, 0.6) is 0 Å². The topological polar surface area (TPSA) is 59.0 Å². The second-order valence-electron chi connectivity index (χ2n) is 8.18. The number of rotatable bonds is 5. The highest BCUT2D eigenvalue weighted by Crippen LogP contribution is 2.34. The van der Waals surface area contributed by atoms with Gasteiger partial charge in [0.05, 0.1) is 44.1 Å². The number of thiophene rings is 1. The van der Waals surface area contributed by atoms with Gasteiger partial charge in [-0.1, -0.05) is 53.8 Å². The van der Waals surface area contributed by atoms with Crippen LogP contribution in [0, 0.1) is 6.92 Å². The molecule has 35 heavy (non-hydrogen) atoms. The maximum atomic E-state index is 14.3. The molecule has 4 aromatic heterocycles. The number of hydrogen-bond donors (Lipinski definition) is 0. The molecule has 4 heterocycles. The third-order valence-corrected chi connectivity index (χ3v) is 7.79. The van der Waals surface area contributed by atoms with Crippen LogP contribution >= 0.6 is 22.7 Å².